The Kier molecular flexibility index (Phi) is 28.7. The number of primary amides is 1. The number of nitrogens with one attached hydrogen (secondary N) is 8. The molecule has 7 heterocycles. The predicted octanol–water partition coefficient (Wildman–Crippen LogP) is 1.47. The van der Waals surface area contributed by atoms with Gasteiger partial charge >= 0.3 is 5.97 Å². The number of amides is 7. The molecule has 13 rings (SSSR count). The Labute approximate surface area is 688 Å². The summed E-state index contributed by atoms with van der Waals surface area (Å²) in [5.74, 6) is -15.8. The third kappa shape index (κ3) is 19.7. The average molecular weight is 1700 g/mol. The molecular formula is C79H93Cl2N9O27S. The first kappa shape index (κ1) is 89.0. The van der Waals surface area contributed by atoms with Gasteiger partial charge in [-0.3, -0.25) is 43.7 Å². The Balaban J connectivity index is 1.13. The summed E-state index contributed by atoms with van der Waals surface area (Å²) in [6, 6.07) is 2.88. The highest BCUT2D eigenvalue weighted by molar-refractivity contribution is 8.13. The lowest BCUT2D eigenvalue weighted by Gasteiger charge is -2.51. The largest absolute Gasteiger partial charge is 0.512 e. The van der Waals surface area contributed by atoms with E-state index in [1.54, 1.807) is 38.1 Å². The first-order valence-corrected chi connectivity index (χ1v) is 39.4. The highest BCUT2D eigenvalue weighted by Gasteiger charge is 2.57. The number of carbonyl (C=O) groups is 9. The fourth-order valence-electron chi connectivity index (χ4n) is 15.0. The van der Waals surface area contributed by atoms with E-state index in [2.05, 4.69) is 42.5 Å². The van der Waals surface area contributed by atoms with E-state index in [0.717, 1.165) is 60.7 Å². The van der Waals surface area contributed by atoms with Crippen LogP contribution >= 0.6 is 35.0 Å². The molecule has 20 atom stereocenters. The number of rotatable bonds is 22. The number of carbonyl (C=O) groups excluding carboxylic acids is 8. The second kappa shape index (κ2) is 38.1. The van der Waals surface area contributed by atoms with Crippen LogP contribution in [0.3, 0.4) is 0 Å². The number of halogens is 2. The molecule has 2 fully saturated rings. The smallest absolute Gasteiger partial charge is 0.330 e. The SMILES string of the molecule is CNC(=O)[C@@H](CC(C)C)N[C@H]1C(=O)N[C@@H](CC(N)=O)C(=O)N[C@H]2C(=O)N[C@H]3C(=O)N[C@H](C(=O)N[C@@H](C(=O)O)c4cc(O)cc(O)c4C4CC3=CC=C4O)[C@H](O)c3ccc(c(Cl)c3)Oc3cc2cc(c3[C@@H]2O[C@H](CO)[C@@H](O)[C@H](O)[C@H]2O[C@H]2O[C@@H](CO)[C@@H](O)[C@](C)(NCc3cccc(OCCCCSC(C)=O)c3)[C@@H]2O)Oc2ccc(cc2Cl)[C@H]1O. The summed E-state index contributed by atoms with van der Waals surface area (Å²) in [7, 11) is 1.31. The maximum atomic E-state index is 16.4. The molecule has 8 aliphatic rings. The number of carboxylic acid groups (broad SMARTS) is 1. The minimum absolute atomic E-state index is 0.0101. The second-order valence-electron chi connectivity index (χ2n) is 29.9. The van der Waals surface area contributed by atoms with Gasteiger partial charge in [-0.2, -0.15) is 0 Å². The van der Waals surface area contributed by atoms with E-state index in [0.29, 0.717) is 36.5 Å². The minimum atomic E-state index is -2.40. The lowest BCUT2D eigenvalue weighted by Crippen LogP contribution is -2.72. The predicted molar refractivity (Wildman–Crippen MR) is 417 cm³/mol. The maximum Gasteiger partial charge on any atom is 0.330 e. The van der Waals surface area contributed by atoms with Gasteiger partial charge in [-0.15, -0.1) is 0 Å². The van der Waals surface area contributed by atoms with E-state index in [-0.39, 0.29) is 46.4 Å². The minimum Gasteiger partial charge on any atom is -0.512 e. The molecule has 2 saturated heterocycles. The summed E-state index contributed by atoms with van der Waals surface area (Å²) in [5.41, 5.74) is 1.80. The fourth-order valence-corrected chi connectivity index (χ4v) is 16.1. The van der Waals surface area contributed by atoms with Crippen LogP contribution < -0.4 is 62.5 Å². The van der Waals surface area contributed by atoms with Crippen LogP contribution in [-0.4, -0.2) is 231 Å². The average Bonchev–Trinajstić information content (AvgIpc) is 0.751. The van der Waals surface area contributed by atoms with Crippen LogP contribution in [0.4, 0.5) is 0 Å². The van der Waals surface area contributed by atoms with Crippen molar-refractivity contribution >= 4 is 87.4 Å². The summed E-state index contributed by atoms with van der Waals surface area (Å²) in [6.45, 7) is 4.56. The number of fused-ring (bicyclic) bond motifs is 15. The number of allylic oxidation sites excluding steroid dienone is 3. The number of aliphatic hydroxyl groups excluding tert-OH is 9. The number of ether oxygens (including phenoxy) is 6. The molecular weight excluding hydrogens is 1610 g/mol. The second-order valence-corrected chi connectivity index (χ2v) is 32.0. The Morgan fingerprint density at radius 3 is 1.97 bits per heavy atom. The number of phenolic OH excluding ortho intramolecular Hbond substituents is 2. The Morgan fingerprint density at radius 1 is 0.703 bits per heavy atom. The van der Waals surface area contributed by atoms with E-state index >= 15 is 24.0 Å². The highest BCUT2D eigenvalue weighted by Crippen LogP contribution is 2.51. The van der Waals surface area contributed by atoms with E-state index in [1.807, 2.05) is 0 Å². The van der Waals surface area contributed by atoms with Gasteiger partial charge in [-0.05, 0) is 133 Å². The monoisotopic (exact) mass is 1700 g/mol. The molecule has 118 heavy (non-hydrogen) atoms. The van der Waals surface area contributed by atoms with Gasteiger partial charge in [0.25, 0.3) is 0 Å². The van der Waals surface area contributed by atoms with Crippen molar-refractivity contribution in [2.45, 2.75) is 187 Å². The molecule has 22 N–H and O–H groups in total. The van der Waals surface area contributed by atoms with Crippen LogP contribution in [0.1, 0.15) is 135 Å². The fraction of sp³-hybridized carbons (Fsp3) is 0.456. The number of benzene rings is 5. The normalized spacial score (nSPS) is 28.8. The summed E-state index contributed by atoms with van der Waals surface area (Å²) in [5, 5.41) is 161. The highest BCUT2D eigenvalue weighted by atomic mass is 35.5. The van der Waals surface area contributed by atoms with Gasteiger partial charge in [0.1, 0.15) is 137 Å². The van der Waals surface area contributed by atoms with Crippen LogP contribution in [0.15, 0.2) is 108 Å². The third-order valence-electron chi connectivity index (χ3n) is 21.2. The van der Waals surface area contributed by atoms with Gasteiger partial charge in [-0.1, -0.05) is 79.2 Å². The van der Waals surface area contributed by atoms with Crippen LogP contribution in [-0.2, 0) is 63.9 Å². The number of aromatic hydroxyl groups is 2. The van der Waals surface area contributed by atoms with Gasteiger partial charge in [0.2, 0.25) is 41.4 Å². The summed E-state index contributed by atoms with van der Waals surface area (Å²) < 4.78 is 39.0. The number of aliphatic hydroxyl groups is 9. The number of aliphatic carboxylic acids is 1. The van der Waals surface area contributed by atoms with E-state index in [1.165, 1.54) is 44.8 Å². The molecule has 1 unspecified atom stereocenters. The van der Waals surface area contributed by atoms with Crippen molar-refractivity contribution in [2.75, 3.05) is 32.6 Å². The van der Waals surface area contributed by atoms with Crippen molar-refractivity contribution in [1.82, 2.24) is 42.5 Å². The lowest BCUT2D eigenvalue weighted by atomic mass is 9.79. The maximum absolute atomic E-state index is 16.4. The lowest BCUT2D eigenvalue weighted by molar-refractivity contribution is -0.341. The molecule has 1 aliphatic carbocycles. The molecule has 5 aromatic carbocycles. The first-order chi connectivity index (χ1) is 56.0. The van der Waals surface area contributed by atoms with Crippen molar-refractivity contribution in [3.05, 3.63) is 157 Å². The van der Waals surface area contributed by atoms with E-state index in [9.17, 15) is 80.5 Å². The van der Waals surface area contributed by atoms with Crippen LogP contribution in [0.2, 0.25) is 10.0 Å². The topological polar surface area (TPSA) is 574 Å². The van der Waals surface area contributed by atoms with Crippen molar-refractivity contribution in [3.8, 4) is 40.2 Å². The molecule has 7 amide bonds. The number of hydrogen-bond donors (Lipinski definition) is 21. The van der Waals surface area contributed by atoms with Crippen LogP contribution in [0.25, 0.3) is 0 Å². The van der Waals surface area contributed by atoms with Gasteiger partial charge in [-0.25, -0.2) is 4.79 Å². The molecule has 636 valence electrons. The zero-order chi connectivity index (χ0) is 85.6. The summed E-state index contributed by atoms with van der Waals surface area (Å²) in [6.07, 6.45) is -20.5. The molecule has 0 saturated carbocycles. The molecule has 0 aromatic heterocycles. The molecule has 7 aliphatic heterocycles. The van der Waals surface area contributed by atoms with Crippen molar-refractivity contribution in [3.63, 3.8) is 0 Å². The molecule has 36 nitrogen and oxygen atoms in total. The van der Waals surface area contributed by atoms with Crippen molar-refractivity contribution in [1.29, 1.82) is 0 Å². The first-order valence-electron chi connectivity index (χ1n) is 37.7. The molecule has 39 heteroatoms. The number of likely N-dealkylation sites (N-methyl/N-ethyl adjacent to an activating group) is 1. The Morgan fingerprint density at radius 2 is 1.36 bits per heavy atom. The van der Waals surface area contributed by atoms with Gasteiger partial charge in [0.05, 0.1) is 53.4 Å². The number of hydrogen-bond acceptors (Lipinski definition) is 29. The van der Waals surface area contributed by atoms with Crippen molar-refractivity contribution < 1.29 is 133 Å². The van der Waals surface area contributed by atoms with Gasteiger partial charge < -0.3 is 133 Å². The van der Waals surface area contributed by atoms with Crippen LogP contribution in [0, 0.1) is 5.92 Å². The quantitative estimate of drug-likeness (QED) is 0.0436. The Bertz CT molecular complexity index is 4720. The summed E-state index contributed by atoms with van der Waals surface area (Å²) >= 11 is 15.6. The third-order valence-corrected chi connectivity index (χ3v) is 22.7. The number of nitrogens with two attached hydrogens (primary N) is 1. The standard InChI is InChI=1S/C79H93Cl2N9O27S/c1-32(2)19-45(71(104)83-5)85-61-63(98)36-12-15-49(43(80)22-36)113-51-24-38-25-52(57(51)67-68(66(101)65(100)53(30-91)115-67)117-78-70(103)79(4,69(102)54(31-92)116-78)84-29-34-9-8-10-40(20-34)112-17-6-7-18-118-33(3)93)114-50-16-13-37(23-44(50)81)64(99)62-76(109)89-60(77(110)111)42-26-39(94)27-48(96)56(42)41-21-35(11-14-47(41)95)58(73(106)90-62)88-74(107)59(38)87-72(105)46(28-55(82)97)86-75(61)108/h8-16,20,22-27,32,41,45-46,53-54,58-70,78,84-85,91-92,94-96,98-103H,6-7,17-19,21,28-31H2,1-5H3,(H2,82,97)(H,83,104)(H,86,108)(H,87,105)(H,88,107)(H,89,109)(H,90,106)(H,110,111)/t41?,45-,46+,53-,54+,58-,59-,60-,61-,62+,63-,64-,65-,66+,67+,68-,69-,70-,78-,79+/m1/s1. The number of thioether (sulfide) groups is 1. The van der Waals surface area contributed by atoms with E-state index < -0.39 is 261 Å². The van der Waals surface area contributed by atoms with Gasteiger partial charge in [0.15, 0.2) is 17.4 Å². The molecule has 0 radical (unpaired) electrons. The zero-order valence-electron chi connectivity index (χ0n) is 64.1. The molecule has 0 spiro atoms. The number of unbranched alkanes of at least 4 members (excludes halogenated alkanes) is 1. The molecule has 11 bridgehead atoms. The van der Waals surface area contributed by atoms with E-state index in [4.69, 9.17) is 57.4 Å². The zero-order valence-corrected chi connectivity index (χ0v) is 66.4. The van der Waals surface area contributed by atoms with Gasteiger partial charge in [0, 0.05) is 43.8 Å². The van der Waals surface area contributed by atoms with Crippen molar-refractivity contribution in [2.24, 2.45) is 11.7 Å². The number of phenols is 2. The molecule has 5 aromatic rings. The number of carboxylic acids is 1. The summed E-state index contributed by atoms with van der Waals surface area (Å²) in [4.78, 5) is 130. The van der Waals surface area contributed by atoms with Crippen LogP contribution in [0.5, 0.6) is 40.2 Å². The Hall–Kier alpha value is -9.78.